The Bertz CT molecular complexity index is 1080. The third-order valence-electron chi connectivity index (χ3n) is 4.38. The zero-order chi connectivity index (χ0) is 19.3. The summed E-state index contributed by atoms with van der Waals surface area (Å²) >= 11 is 0. The largest absolute Gasteiger partial charge is 0.459 e. The Balaban J connectivity index is 1.36. The van der Waals surface area contributed by atoms with Crippen molar-refractivity contribution in [2.75, 3.05) is 0 Å². The minimum absolute atomic E-state index is 0.217. The van der Waals surface area contributed by atoms with E-state index in [0.29, 0.717) is 12.2 Å². The highest BCUT2D eigenvalue weighted by atomic mass is 16.3. The lowest BCUT2D eigenvalue weighted by Gasteiger charge is -2.08. The monoisotopic (exact) mass is 372 g/mol. The van der Waals surface area contributed by atoms with Crippen LogP contribution in [-0.4, -0.2) is 20.9 Å². The van der Waals surface area contributed by atoms with E-state index in [9.17, 15) is 4.79 Å². The van der Waals surface area contributed by atoms with Gasteiger partial charge < -0.3 is 9.73 Å². The molecule has 4 rings (SSSR count). The highest BCUT2D eigenvalue weighted by Gasteiger charge is 2.12. The van der Waals surface area contributed by atoms with Crippen LogP contribution in [-0.2, 0) is 11.3 Å². The molecule has 2 heterocycles. The van der Waals surface area contributed by atoms with E-state index in [-0.39, 0.29) is 11.9 Å². The SMILES string of the molecule is C[C@@H](NC(=O)/C=C/c1cn(Cc2ccccc2)nn1)c1cc2ccccc2o1. The zero-order valence-corrected chi connectivity index (χ0v) is 15.4. The molecule has 6 nitrogen and oxygen atoms in total. The second-order valence-electron chi connectivity index (χ2n) is 6.58. The van der Waals surface area contributed by atoms with Gasteiger partial charge in [0.15, 0.2) is 0 Å². The van der Waals surface area contributed by atoms with Gasteiger partial charge in [0, 0.05) is 11.5 Å². The van der Waals surface area contributed by atoms with E-state index in [2.05, 4.69) is 15.6 Å². The van der Waals surface area contributed by atoms with Crippen LogP contribution in [0.25, 0.3) is 17.0 Å². The van der Waals surface area contributed by atoms with Crippen molar-refractivity contribution >= 4 is 23.0 Å². The van der Waals surface area contributed by atoms with Crippen LogP contribution in [0.3, 0.4) is 0 Å². The summed E-state index contributed by atoms with van der Waals surface area (Å²) in [6.07, 6.45) is 4.91. The van der Waals surface area contributed by atoms with E-state index < -0.39 is 0 Å². The van der Waals surface area contributed by atoms with E-state index in [4.69, 9.17) is 4.42 Å². The van der Waals surface area contributed by atoms with Crippen LogP contribution in [0.4, 0.5) is 0 Å². The molecule has 4 aromatic rings. The number of amides is 1. The summed E-state index contributed by atoms with van der Waals surface area (Å²) in [4.78, 5) is 12.2. The normalized spacial score (nSPS) is 12.5. The van der Waals surface area contributed by atoms with Crippen LogP contribution in [0.2, 0.25) is 0 Å². The molecule has 140 valence electrons. The number of nitrogens with one attached hydrogen (secondary N) is 1. The van der Waals surface area contributed by atoms with Crippen LogP contribution < -0.4 is 5.32 Å². The third-order valence-corrected chi connectivity index (χ3v) is 4.38. The number of carbonyl (C=O) groups excluding carboxylic acids is 1. The van der Waals surface area contributed by atoms with Gasteiger partial charge >= 0.3 is 0 Å². The van der Waals surface area contributed by atoms with E-state index in [0.717, 1.165) is 22.3 Å². The second kappa shape index (κ2) is 7.92. The van der Waals surface area contributed by atoms with Gasteiger partial charge in [0.2, 0.25) is 5.91 Å². The van der Waals surface area contributed by atoms with Gasteiger partial charge in [-0.2, -0.15) is 0 Å². The Morgan fingerprint density at radius 1 is 1.18 bits per heavy atom. The summed E-state index contributed by atoms with van der Waals surface area (Å²) in [5.41, 5.74) is 2.58. The first-order valence-corrected chi connectivity index (χ1v) is 9.08. The Labute approximate surface area is 162 Å². The molecule has 0 spiro atoms. The van der Waals surface area contributed by atoms with Crippen molar-refractivity contribution in [3.63, 3.8) is 0 Å². The average molecular weight is 372 g/mol. The van der Waals surface area contributed by atoms with Crippen molar-refractivity contribution < 1.29 is 9.21 Å². The number of fused-ring (bicyclic) bond motifs is 1. The molecule has 28 heavy (non-hydrogen) atoms. The number of para-hydroxylation sites is 1. The number of furan rings is 1. The maximum Gasteiger partial charge on any atom is 0.244 e. The zero-order valence-electron chi connectivity index (χ0n) is 15.4. The maximum absolute atomic E-state index is 12.2. The van der Waals surface area contributed by atoms with Gasteiger partial charge in [0.25, 0.3) is 0 Å². The van der Waals surface area contributed by atoms with Gasteiger partial charge in [-0.05, 0) is 30.7 Å². The smallest absolute Gasteiger partial charge is 0.244 e. The van der Waals surface area contributed by atoms with Crippen LogP contribution in [0.5, 0.6) is 0 Å². The van der Waals surface area contributed by atoms with Gasteiger partial charge in [0.1, 0.15) is 17.0 Å². The van der Waals surface area contributed by atoms with E-state index in [1.807, 2.05) is 67.6 Å². The summed E-state index contributed by atoms with van der Waals surface area (Å²) in [6.45, 7) is 2.52. The molecule has 0 saturated carbocycles. The lowest BCUT2D eigenvalue weighted by molar-refractivity contribution is -0.117. The maximum atomic E-state index is 12.2. The van der Waals surface area contributed by atoms with Gasteiger partial charge in [-0.3, -0.25) is 4.79 Å². The molecule has 0 aliphatic rings. The highest BCUT2D eigenvalue weighted by molar-refractivity contribution is 5.91. The topological polar surface area (TPSA) is 73.0 Å². The van der Waals surface area contributed by atoms with Crippen molar-refractivity contribution in [3.8, 4) is 0 Å². The second-order valence-corrected chi connectivity index (χ2v) is 6.58. The van der Waals surface area contributed by atoms with E-state index in [1.54, 1.807) is 17.0 Å². The summed E-state index contributed by atoms with van der Waals surface area (Å²) in [7, 11) is 0. The molecule has 0 aliphatic heterocycles. The Kier molecular flexibility index (Phi) is 5.01. The van der Waals surface area contributed by atoms with Crippen LogP contribution in [0, 0.1) is 0 Å². The first kappa shape index (κ1) is 17.7. The van der Waals surface area contributed by atoms with Gasteiger partial charge in [-0.1, -0.05) is 53.7 Å². The van der Waals surface area contributed by atoms with Crippen molar-refractivity contribution in [3.05, 3.63) is 90.0 Å². The number of nitrogens with zero attached hydrogens (tertiary/aromatic N) is 3. The van der Waals surface area contributed by atoms with Crippen LogP contribution in [0.15, 0.2) is 77.4 Å². The average Bonchev–Trinajstić information content (AvgIpc) is 3.34. The molecule has 0 bridgehead atoms. The summed E-state index contributed by atoms with van der Waals surface area (Å²) in [6, 6.07) is 19.5. The minimum atomic E-state index is -0.238. The number of hydrogen-bond acceptors (Lipinski definition) is 4. The van der Waals surface area contributed by atoms with Gasteiger partial charge in [-0.25, -0.2) is 4.68 Å². The number of hydrogen-bond donors (Lipinski definition) is 1. The molecule has 2 aromatic carbocycles. The predicted molar refractivity (Wildman–Crippen MR) is 107 cm³/mol. The summed E-state index contributed by atoms with van der Waals surface area (Å²) in [5.74, 6) is 0.502. The Morgan fingerprint density at radius 2 is 1.96 bits per heavy atom. The van der Waals surface area contributed by atoms with Crippen molar-refractivity contribution in [1.29, 1.82) is 0 Å². The number of rotatable bonds is 6. The highest BCUT2D eigenvalue weighted by Crippen LogP contribution is 2.23. The molecular formula is C22H20N4O2. The molecule has 0 fully saturated rings. The molecule has 0 unspecified atom stereocenters. The fourth-order valence-corrected chi connectivity index (χ4v) is 2.95. The van der Waals surface area contributed by atoms with E-state index in [1.165, 1.54) is 6.08 Å². The fourth-order valence-electron chi connectivity index (χ4n) is 2.95. The summed E-state index contributed by atoms with van der Waals surface area (Å²) < 4.78 is 7.53. The molecule has 6 heteroatoms. The first-order valence-electron chi connectivity index (χ1n) is 9.08. The molecule has 1 N–H and O–H groups in total. The third kappa shape index (κ3) is 4.17. The van der Waals surface area contributed by atoms with E-state index >= 15 is 0 Å². The number of aromatic nitrogens is 3. The molecule has 0 aliphatic carbocycles. The van der Waals surface area contributed by atoms with Crippen molar-refractivity contribution in [2.45, 2.75) is 19.5 Å². The fraction of sp³-hybridized carbons (Fsp3) is 0.136. The molecule has 0 saturated heterocycles. The quantitative estimate of drug-likeness (QED) is 0.520. The molecule has 1 atom stereocenters. The molecule has 1 amide bonds. The van der Waals surface area contributed by atoms with Gasteiger partial charge in [-0.15, -0.1) is 5.10 Å². The Morgan fingerprint density at radius 3 is 2.79 bits per heavy atom. The lowest BCUT2D eigenvalue weighted by atomic mass is 10.2. The number of benzene rings is 2. The molecule has 2 aromatic heterocycles. The Hall–Kier alpha value is -3.67. The standard InChI is InChI=1S/C22H20N4O2/c1-16(21-13-18-9-5-6-10-20(18)28-21)23-22(27)12-11-19-15-26(25-24-19)14-17-7-3-2-4-8-17/h2-13,15-16H,14H2,1H3,(H,23,27)/b12-11+/t16-/m1/s1. The predicted octanol–water partition coefficient (Wildman–Crippen LogP) is 3.96. The first-order chi connectivity index (χ1) is 13.7. The molecule has 0 radical (unpaired) electrons. The number of carbonyl (C=O) groups is 1. The van der Waals surface area contributed by atoms with Crippen molar-refractivity contribution in [1.82, 2.24) is 20.3 Å². The lowest BCUT2D eigenvalue weighted by Crippen LogP contribution is -2.24. The van der Waals surface area contributed by atoms with Crippen molar-refractivity contribution in [2.24, 2.45) is 0 Å². The minimum Gasteiger partial charge on any atom is -0.459 e. The molecular weight excluding hydrogens is 352 g/mol. The summed E-state index contributed by atoms with van der Waals surface area (Å²) in [5, 5.41) is 12.1. The van der Waals surface area contributed by atoms with Gasteiger partial charge in [0.05, 0.1) is 18.8 Å². The van der Waals surface area contributed by atoms with Crippen LogP contribution in [0.1, 0.15) is 30.0 Å². The van der Waals surface area contributed by atoms with Crippen LogP contribution >= 0.6 is 0 Å².